The van der Waals surface area contributed by atoms with Crippen LogP contribution in [0.2, 0.25) is 0 Å². The van der Waals surface area contributed by atoms with Crippen LogP contribution in [-0.2, 0) is 4.79 Å². The Hall–Kier alpha value is -0.670. The van der Waals surface area contributed by atoms with Gasteiger partial charge in [-0.2, -0.15) is 0 Å². The molecule has 0 bridgehead atoms. The number of carbonyl (C=O) groups excluding carboxylic acids is 1. The Balaban J connectivity index is 0.000000252. The van der Waals surface area contributed by atoms with Crippen LogP contribution in [0.3, 0.4) is 0 Å². The predicted octanol–water partition coefficient (Wildman–Crippen LogP) is 2.96. The highest BCUT2D eigenvalue weighted by Gasteiger charge is 1.93. The van der Waals surface area contributed by atoms with E-state index in [1.807, 2.05) is 0 Å². The Morgan fingerprint density at radius 1 is 1.23 bits per heavy atom. The number of alkyl halides is 1. The third-order valence-corrected chi connectivity index (χ3v) is 1.44. The summed E-state index contributed by atoms with van der Waals surface area (Å²) in [5.74, 6) is -1.69. The zero-order chi connectivity index (χ0) is 10.3. The molecule has 0 aromatic heterocycles. The molecular formula is C8H6Cl2F2O. The summed E-state index contributed by atoms with van der Waals surface area (Å²) >= 11 is 9.55. The lowest BCUT2D eigenvalue weighted by Crippen LogP contribution is -1.81. The number of benzene rings is 1. The summed E-state index contributed by atoms with van der Waals surface area (Å²) in [5.41, 5.74) is 0. The van der Waals surface area contributed by atoms with E-state index in [2.05, 4.69) is 0 Å². The Morgan fingerprint density at radius 3 is 1.69 bits per heavy atom. The molecule has 0 spiro atoms. The number of halogens is 4. The Bertz CT molecular complexity index is 258. The molecule has 0 radical (unpaired) electrons. The van der Waals surface area contributed by atoms with E-state index in [0.29, 0.717) is 0 Å². The van der Waals surface area contributed by atoms with Gasteiger partial charge in [0.05, 0.1) is 5.88 Å². The lowest BCUT2D eigenvalue weighted by atomic mass is 10.3. The second-order valence-electron chi connectivity index (χ2n) is 1.90. The molecular weight excluding hydrogens is 221 g/mol. The third kappa shape index (κ3) is 6.49. The smallest absolute Gasteiger partial charge is 0.236 e. The van der Waals surface area contributed by atoms with Crippen molar-refractivity contribution in [2.45, 2.75) is 0 Å². The molecule has 0 amide bonds. The third-order valence-electron chi connectivity index (χ3n) is 0.929. The van der Waals surface area contributed by atoms with E-state index in [1.165, 1.54) is 12.1 Å². The number of rotatable bonds is 1. The molecule has 1 rings (SSSR count). The van der Waals surface area contributed by atoms with E-state index in [1.54, 1.807) is 0 Å². The molecule has 0 aliphatic carbocycles. The largest absolute Gasteiger partial charge is 0.280 e. The Labute approximate surface area is 84.3 Å². The van der Waals surface area contributed by atoms with Crippen molar-refractivity contribution in [2.75, 3.05) is 5.88 Å². The maximum Gasteiger partial charge on any atom is 0.236 e. The van der Waals surface area contributed by atoms with Gasteiger partial charge in [0.1, 0.15) is 0 Å². The van der Waals surface area contributed by atoms with E-state index in [0.717, 1.165) is 12.1 Å². The van der Waals surface area contributed by atoms with Crippen molar-refractivity contribution in [3.8, 4) is 0 Å². The van der Waals surface area contributed by atoms with Crippen LogP contribution in [0, 0.1) is 11.6 Å². The summed E-state index contributed by atoms with van der Waals surface area (Å²) < 4.78 is 23.9. The first-order valence-corrected chi connectivity index (χ1v) is 4.13. The quantitative estimate of drug-likeness (QED) is 0.532. The Morgan fingerprint density at radius 2 is 1.54 bits per heavy atom. The number of hydrogen-bond donors (Lipinski definition) is 0. The molecule has 72 valence electrons. The summed E-state index contributed by atoms with van der Waals surface area (Å²) in [6.07, 6.45) is 0. The average molecular weight is 227 g/mol. The first-order valence-electron chi connectivity index (χ1n) is 3.22. The predicted molar refractivity (Wildman–Crippen MR) is 47.9 cm³/mol. The van der Waals surface area contributed by atoms with Crippen molar-refractivity contribution in [2.24, 2.45) is 0 Å². The highest BCUT2D eigenvalue weighted by Crippen LogP contribution is 2.01. The van der Waals surface area contributed by atoms with E-state index in [4.69, 9.17) is 23.2 Å². The monoisotopic (exact) mass is 226 g/mol. The van der Waals surface area contributed by atoms with Crippen LogP contribution < -0.4 is 0 Å². The van der Waals surface area contributed by atoms with Crippen LogP contribution in [0.15, 0.2) is 24.3 Å². The molecule has 0 fully saturated rings. The molecule has 0 saturated heterocycles. The minimum absolute atomic E-state index is 0.0957. The van der Waals surface area contributed by atoms with Gasteiger partial charge in [0, 0.05) is 0 Å². The van der Waals surface area contributed by atoms with E-state index in [9.17, 15) is 13.6 Å². The normalized spacial score (nSPS) is 8.62. The molecule has 1 aromatic rings. The molecule has 13 heavy (non-hydrogen) atoms. The highest BCUT2D eigenvalue weighted by atomic mass is 35.5. The number of hydrogen-bond acceptors (Lipinski definition) is 1. The summed E-state index contributed by atoms with van der Waals surface area (Å²) in [7, 11) is 0. The Kier molecular flexibility index (Phi) is 6.45. The van der Waals surface area contributed by atoms with Crippen LogP contribution >= 0.6 is 23.2 Å². The van der Waals surface area contributed by atoms with Crippen LogP contribution in [-0.4, -0.2) is 11.1 Å². The molecule has 0 atom stereocenters. The van der Waals surface area contributed by atoms with Crippen LogP contribution in [0.1, 0.15) is 0 Å². The van der Waals surface area contributed by atoms with Crippen molar-refractivity contribution in [1.82, 2.24) is 0 Å². The maximum atomic E-state index is 11.9. The minimum atomic E-state index is -0.799. The number of carbonyl (C=O) groups is 1. The molecule has 0 unspecified atom stereocenters. The standard InChI is InChI=1S/C6H4F2.C2H2Cl2O/c7-5-3-1-2-4-6(5)8;3-1-2(4)5/h1-4H;1H2. The molecule has 5 heteroatoms. The molecule has 0 aliphatic rings. The van der Waals surface area contributed by atoms with Gasteiger partial charge in [-0.15, -0.1) is 11.6 Å². The molecule has 0 heterocycles. The van der Waals surface area contributed by atoms with Crippen LogP contribution in [0.25, 0.3) is 0 Å². The molecule has 0 aliphatic heterocycles. The zero-order valence-electron chi connectivity index (χ0n) is 6.44. The lowest BCUT2D eigenvalue weighted by molar-refractivity contribution is -0.109. The van der Waals surface area contributed by atoms with Gasteiger partial charge in [0.15, 0.2) is 11.6 Å². The first-order chi connectivity index (χ1) is 6.07. The fraction of sp³-hybridized carbons (Fsp3) is 0.125. The summed E-state index contributed by atoms with van der Waals surface area (Å²) in [4.78, 5) is 9.45. The fourth-order valence-electron chi connectivity index (χ4n) is 0.439. The fourth-order valence-corrected chi connectivity index (χ4v) is 0.439. The van der Waals surface area contributed by atoms with Gasteiger partial charge in [0.25, 0.3) is 0 Å². The van der Waals surface area contributed by atoms with E-state index >= 15 is 0 Å². The topological polar surface area (TPSA) is 17.1 Å². The van der Waals surface area contributed by atoms with Gasteiger partial charge in [-0.1, -0.05) is 12.1 Å². The van der Waals surface area contributed by atoms with Crippen molar-refractivity contribution in [3.05, 3.63) is 35.9 Å². The minimum Gasteiger partial charge on any atom is -0.280 e. The first kappa shape index (κ1) is 12.3. The highest BCUT2D eigenvalue weighted by molar-refractivity contribution is 6.67. The van der Waals surface area contributed by atoms with Crippen LogP contribution in [0.5, 0.6) is 0 Å². The van der Waals surface area contributed by atoms with Crippen molar-refractivity contribution in [1.29, 1.82) is 0 Å². The van der Waals surface area contributed by atoms with Gasteiger partial charge in [0.2, 0.25) is 5.24 Å². The van der Waals surface area contributed by atoms with Gasteiger partial charge < -0.3 is 0 Å². The summed E-state index contributed by atoms with van der Waals surface area (Å²) in [6, 6.07) is 5.04. The van der Waals surface area contributed by atoms with Crippen LogP contribution in [0.4, 0.5) is 8.78 Å². The van der Waals surface area contributed by atoms with E-state index in [-0.39, 0.29) is 5.88 Å². The van der Waals surface area contributed by atoms with Crippen molar-refractivity contribution >= 4 is 28.4 Å². The second-order valence-corrected chi connectivity index (χ2v) is 2.59. The van der Waals surface area contributed by atoms with Crippen molar-refractivity contribution < 1.29 is 13.6 Å². The van der Waals surface area contributed by atoms with Gasteiger partial charge in [-0.3, -0.25) is 4.79 Å². The second kappa shape index (κ2) is 6.80. The van der Waals surface area contributed by atoms with Crippen molar-refractivity contribution in [3.63, 3.8) is 0 Å². The summed E-state index contributed by atoms with van der Waals surface area (Å²) in [5, 5.41) is -0.508. The van der Waals surface area contributed by atoms with Gasteiger partial charge >= 0.3 is 0 Å². The van der Waals surface area contributed by atoms with Gasteiger partial charge in [-0.05, 0) is 23.7 Å². The molecule has 1 aromatic carbocycles. The zero-order valence-corrected chi connectivity index (χ0v) is 7.95. The molecule has 0 saturated carbocycles. The average Bonchev–Trinajstić information content (AvgIpc) is 2.11. The molecule has 0 N–H and O–H groups in total. The maximum absolute atomic E-state index is 11.9. The van der Waals surface area contributed by atoms with E-state index < -0.39 is 16.9 Å². The lowest BCUT2D eigenvalue weighted by Gasteiger charge is -1.85. The summed E-state index contributed by atoms with van der Waals surface area (Å²) in [6.45, 7) is 0. The SMILES string of the molecule is Fc1ccccc1F.O=C(Cl)CCl. The van der Waals surface area contributed by atoms with Gasteiger partial charge in [-0.25, -0.2) is 8.78 Å². The molecule has 1 nitrogen and oxygen atoms in total.